The van der Waals surface area contributed by atoms with Gasteiger partial charge in [0, 0.05) is 31.3 Å². The maximum atomic E-state index is 14.5. The van der Waals surface area contributed by atoms with Gasteiger partial charge in [0.2, 0.25) is 5.78 Å². The third-order valence-corrected chi connectivity index (χ3v) is 9.50. The average molecular weight is 638 g/mol. The summed E-state index contributed by atoms with van der Waals surface area (Å²) < 4.78 is 12.4. The van der Waals surface area contributed by atoms with E-state index in [-0.39, 0.29) is 36.5 Å². The van der Waals surface area contributed by atoms with E-state index in [2.05, 4.69) is 0 Å². The molecular weight excluding hydrogens is 598 g/mol. The average Bonchev–Trinajstić information content (AvgIpc) is 3.04. The third kappa shape index (κ3) is 5.37. The number of nitrogens with zero attached hydrogens (tertiary/aromatic N) is 2. The van der Waals surface area contributed by atoms with Gasteiger partial charge < -0.3 is 30.3 Å². The summed E-state index contributed by atoms with van der Waals surface area (Å²) in [6.07, 6.45) is 0.506. The molecule has 0 radical (unpaired) electrons. The lowest BCUT2D eigenvalue weighted by Crippen LogP contribution is -2.64. The van der Waals surface area contributed by atoms with Gasteiger partial charge in [0.15, 0.2) is 11.4 Å². The highest BCUT2D eigenvalue weighted by molar-refractivity contribution is 6.25. The van der Waals surface area contributed by atoms with Crippen LogP contribution in [0.15, 0.2) is 95.5 Å². The molecule has 4 atom stereocenters. The van der Waals surface area contributed by atoms with Gasteiger partial charge in [-0.2, -0.15) is 0 Å². The molecule has 3 aliphatic rings. The molecule has 0 unspecified atom stereocenters. The fourth-order valence-corrected chi connectivity index (χ4v) is 7.36. The predicted molar refractivity (Wildman–Crippen MR) is 176 cm³/mol. The number of allylic oxidation sites excluding steroid dienone is 1. The summed E-state index contributed by atoms with van der Waals surface area (Å²) in [6, 6.07) is 21.6. The summed E-state index contributed by atoms with van der Waals surface area (Å²) in [5.41, 5.74) is 6.17. The number of hydrogen-bond donors (Lipinski definition) is 3. The van der Waals surface area contributed by atoms with Crippen molar-refractivity contribution in [2.45, 2.75) is 37.7 Å². The number of nitrogens with two attached hydrogens (primary N) is 1. The Morgan fingerprint density at radius 2 is 1.51 bits per heavy atom. The SMILES string of the molecule is CN(C)c1ccc(OCc2ccccc2)c2c1C[C@H]1C[C@H]3[C@H](N(C)C)C(OCc4ccccc4)=C(C(N)=O)C(=O)[C@@]3(O)C(O)=C1C2=O. The Balaban J connectivity index is 1.46. The number of fused-ring (bicyclic) bond motifs is 3. The lowest BCUT2D eigenvalue weighted by atomic mass is 9.58. The van der Waals surface area contributed by atoms with Crippen LogP contribution >= 0.6 is 0 Å². The zero-order valence-electron chi connectivity index (χ0n) is 26.9. The van der Waals surface area contributed by atoms with E-state index in [1.165, 1.54) is 0 Å². The minimum atomic E-state index is -2.58. The van der Waals surface area contributed by atoms with Crippen LogP contribution < -0.4 is 15.4 Å². The van der Waals surface area contributed by atoms with E-state index >= 15 is 0 Å². The number of Topliss-reactive ketones (excluding diaryl/α,β-unsaturated/α-hetero) is 2. The number of anilines is 1. The highest BCUT2D eigenvalue weighted by Crippen LogP contribution is 2.53. The lowest BCUT2D eigenvalue weighted by Gasteiger charge is -2.51. The third-order valence-electron chi connectivity index (χ3n) is 9.50. The van der Waals surface area contributed by atoms with Crippen molar-refractivity contribution in [1.29, 1.82) is 0 Å². The molecule has 3 aliphatic carbocycles. The largest absolute Gasteiger partial charge is 0.508 e. The van der Waals surface area contributed by atoms with E-state index < -0.39 is 52.3 Å². The number of ether oxygens (including phenoxy) is 2. The number of ketones is 2. The molecule has 4 N–H and O–H groups in total. The van der Waals surface area contributed by atoms with Gasteiger partial charge in [-0.3, -0.25) is 19.3 Å². The van der Waals surface area contributed by atoms with Crippen molar-refractivity contribution in [3.8, 4) is 5.75 Å². The molecule has 0 aromatic heterocycles. The first-order valence-electron chi connectivity index (χ1n) is 15.6. The number of benzene rings is 3. The number of hydrogen-bond acceptors (Lipinski definition) is 9. The molecule has 47 heavy (non-hydrogen) atoms. The fraction of sp³-hybridized carbons (Fsp3) is 0.324. The van der Waals surface area contributed by atoms with E-state index in [1.54, 1.807) is 25.1 Å². The molecule has 0 fully saturated rings. The number of rotatable bonds is 9. The van der Waals surface area contributed by atoms with Crippen molar-refractivity contribution in [2.75, 3.05) is 33.1 Å². The highest BCUT2D eigenvalue weighted by Gasteiger charge is 2.63. The van der Waals surface area contributed by atoms with Crippen molar-refractivity contribution in [3.63, 3.8) is 0 Å². The zero-order chi connectivity index (χ0) is 33.6. The number of carbonyl (C=O) groups is 3. The second-order valence-corrected chi connectivity index (χ2v) is 12.8. The highest BCUT2D eigenvalue weighted by atomic mass is 16.5. The van der Waals surface area contributed by atoms with Gasteiger partial charge >= 0.3 is 0 Å². The van der Waals surface area contributed by atoms with Crippen molar-refractivity contribution in [1.82, 2.24) is 4.90 Å². The van der Waals surface area contributed by atoms with Crippen LogP contribution in [0.1, 0.15) is 33.5 Å². The van der Waals surface area contributed by atoms with Gasteiger partial charge in [-0.25, -0.2) is 0 Å². The zero-order valence-corrected chi connectivity index (χ0v) is 26.9. The molecule has 0 saturated heterocycles. The first-order chi connectivity index (χ1) is 22.4. The molecule has 6 rings (SSSR count). The molecule has 244 valence electrons. The Bertz CT molecular complexity index is 1800. The number of aliphatic hydroxyl groups excluding tert-OH is 1. The van der Waals surface area contributed by atoms with E-state index in [9.17, 15) is 24.6 Å². The molecule has 0 spiro atoms. The van der Waals surface area contributed by atoms with Gasteiger partial charge in [0.25, 0.3) is 5.91 Å². The smallest absolute Gasteiger partial charge is 0.255 e. The van der Waals surface area contributed by atoms with Gasteiger partial charge in [-0.15, -0.1) is 0 Å². The van der Waals surface area contributed by atoms with Gasteiger partial charge in [-0.1, -0.05) is 60.7 Å². The van der Waals surface area contributed by atoms with Crippen molar-refractivity contribution in [2.24, 2.45) is 17.6 Å². The summed E-state index contributed by atoms with van der Waals surface area (Å²) in [5.74, 6) is -4.58. The van der Waals surface area contributed by atoms with Crippen LogP contribution in [-0.2, 0) is 34.0 Å². The summed E-state index contributed by atoms with van der Waals surface area (Å²) >= 11 is 0. The normalized spacial score (nSPS) is 23.7. The number of aliphatic hydroxyl groups is 2. The molecule has 0 heterocycles. The Morgan fingerprint density at radius 3 is 2.06 bits per heavy atom. The van der Waals surface area contributed by atoms with Crippen molar-refractivity contribution < 1.29 is 34.1 Å². The van der Waals surface area contributed by atoms with E-state index in [0.29, 0.717) is 12.2 Å². The molecule has 3 aromatic rings. The summed E-state index contributed by atoms with van der Waals surface area (Å²) in [6.45, 7) is 0.264. The fourth-order valence-electron chi connectivity index (χ4n) is 7.36. The van der Waals surface area contributed by atoms with Gasteiger partial charge in [-0.05, 0) is 61.7 Å². The van der Waals surface area contributed by atoms with Crippen LogP contribution in [0, 0.1) is 11.8 Å². The van der Waals surface area contributed by atoms with Crippen LogP contribution in [-0.4, -0.2) is 72.4 Å². The van der Waals surface area contributed by atoms with E-state index in [1.807, 2.05) is 85.7 Å². The Labute approximate surface area is 273 Å². The molecular formula is C37H39N3O7. The number of primary amides is 1. The van der Waals surface area contributed by atoms with Crippen LogP contribution in [0.4, 0.5) is 5.69 Å². The second kappa shape index (κ2) is 12.4. The second-order valence-electron chi connectivity index (χ2n) is 12.8. The van der Waals surface area contributed by atoms with Crippen LogP contribution in [0.3, 0.4) is 0 Å². The van der Waals surface area contributed by atoms with Crippen LogP contribution in [0.25, 0.3) is 0 Å². The quantitative estimate of drug-likeness (QED) is 0.299. The van der Waals surface area contributed by atoms with E-state index in [0.717, 1.165) is 22.4 Å². The molecule has 0 saturated carbocycles. The molecule has 10 heteroatoms. The number of likely N-dealkylation sites (N-methyl/N-ethyl adjacent to an activating group) is 1. The summed E-state index contributed by atoms with van der Waals surface area (Å²) in [7, 11) is 7.26. The Morgan fingerprint density at radius 1 is 0.915 bits per heavy atom. The Kier molecular flexibility index (Phi) is 8.42. The van der Waals surface area contributed by atoms with E-state index in [4.69, 9.17) is 15.2 Å². The van der Waals surface area contributed by atoms with Crippen LogP contribution in [0.2, 0.25) is 0 Å². The van der Waals surface area contributed by atoms with Gasteiger partial charge in [0.05, 0.1) is 11.6 Å². The molecule has 10 nitrogen and oxygen atoms in total. The molecule has 0 aliphatic heterocycles. The number of carbonyl (C=O) groups excluding carboxylic acids is 3. The predicted octanol–water partition coefficient (Wildman–Crippen LogP) is 3.72. The summed E-state index contributed by atoms with van der Waals surface area (Å²) in [5, 5.41) is 24.2. The summed E-state index contributed by atoms with van der Waals surface area (Å²) in [4.78, 5) is 45.2. The molecule has 3 aromatic carbocycles. The maximum absolute atomic E-state index is 14.5. The van der Waals surface area contributed by atoms with Crippen molar-refractivity contribution >= 4 is 23.2 Å². The van der Waals surface area contributed by atoms with Crippen LogP contribution in [0.5, 0.6) is 5.75 Å². The monoisotopic (exact) mass is 637 g/mol. The topological polar surface area (TPSA) is 143 Å². The van der Waals surface area contributed by atoms with Crippen molar-refractivity contribution in [3.05, 3.63) is 118 Å². The molecule has 0 bridgehead atoms. The minimum Gasteiger partial charge on any atom is -0.508 e. The lowest BCUT2D eigenvalue weighted by molar-refractivity contribution is -0.149. The minimum absolute atomic E-state index is 0.0374. The Hall–Kier alpha value is -4.93. The first-order valence-corrected chi connectivity index (χ1v) is 15.6. The molecule has 1 amide bonds. The maximum Gasteiger partial charge on any atom is 0.255 e. The van der Waals surface area contributed by atoms with Gasteiger partial charge in [0.1, 0.15) is 36.1 Å². The standard InChI is InChI=1S/C37H39N3O7/c1-39(2)26-15-16-27(46-19-21-11-7-5-8-12-21)29-24(26)17-23-18-25-31(40(3)4)33(47-20-22-13-9-6-10-14-22)30(36(38)44)35(43)37(25,45)34(42)28(23)32(29)41/h5-16,23,25,31,42,45H,17-20H2,1-4H3,(H2,38,44)/t23-,25-,31-,37-/m0/s1. The first kappa shape index (κ1) is 32.0. The number of amides is 1.